The van der Waals surface area contributed by atoms with Crippen LogP contribution in [-0.4, -0.2) is 40.7 Å². The van der Waals surface area contributed by atoms with E-state index in [4.69, 9.17) is 14.6 Å². The largest absolute Gasteiger partial charge is 0.478 e. The molecule has 0 aromatic carbocycles. The minimum atomic E-state index is -0.988. The molecule has 1 N–H and O–H groups in total. The lowest BCUT2D eigenvalue weighted by atomic mass is 10.2. The summed E-state index contributed by atoms with van der Waals surface area (Å²) in [4.78, 5) is 10.9. The molecule has 1 aromatic heterocycles. The SMILES string of the molecule is CC(C)COCCOCc1c(C(=O)O)cnn1C. The lowest BCUT2D eigenvalue weighted by Gasteiger charge is -2.08. The highest BCUT2D eigenvalue weighted by molar-refractivity contribution is 5.88. The van der Waals surface area contributed by atoms with Crippen LogP contribution < -0.4 is 0 Å². The summed E-state index contributed by atoms with van der Waals surface area (Å²) in [6.45, 7) is 6.04. The zero-order valence-electron chi connectivity index (χ0n) is 11.0. The van der Waals surface area contributed by atoms with Crippen molar-refractivity contribution >= 4 is 5.97 Å². The minimum absolute atomic E-state index is 0.181. The van der Waals surface area contributed by atoms with Crippen molar-refractivity contribution in [1.82, 2.24) is 9.78 Å². The molecule has 0 fully saturated rings. The van der Waals surface area contributed by atoms with Gasteiger partial charge in [-0.3, -0.25) is 4.68 Å². The number of hydrogen-bond donors (Lipinski definition) is 1. The molecular formula is C12H20N2O4. The Morgan fingerprint density at radius 3 is 2.72 bits per heavy atom. The van der Waals surface area contributed by atoms with Crippen LogP contribution in [0.2, 0.25) is 0 Å². The Hall–Kier alpha value is -1.40. The van der Waals surface area contributed by atoms with Crippen LogP contribution in [0.1, 0.15) is 29.9 Å². The standard InChI is InChI=1S/C12H20N2O4/c1-9(2)7-17-4-5-18-8-11-10(12(15)16)6-13-14(11)3/h6,9H,4-5,7-8H2,1-3H3,(H,15,16). The minimum Gasteiger partial charge on any atom is -0.478 e. The fraction of sp³-hybridized carbons (Fsp3) is 0.667. The molecule has 0 atom stereocenters. The van der Waals surface area contributed by atoms with Gasteiger partial charge in [-0.2, -0.15) is 5.10 Å². The zero-order valence-corrected chi connectivity index (χ0v) is 11.0. The van der Waals surface area contributed by atoms with Gasteiger partial charge in [0, 0.05) is 13.7 Å². The molecule has 0 bridgehead atoms. The molecule has 6 nitrogen and oxygen atoms in total. The van der Waals surface area contributed by atoms with Crippen molar-refractivity contribution in [3.8, 4) is 0 Å². The van der Waals surface area contributed by atoms with Crippen molar-refractivity contribution in [2.45, 2.75) is 20.5 Å². The number of carboxylic acid groups (broad SMARTS) is 1. The molecule has 0 amide bonds. The molecule has 0 radical (unpaired) electrons. The van der Waals surface area contributed by atoms with E-state index >= 15 is 0 Å². The van der Waals surface area contributed by atoms with Gasteiger partial charge >= 0.3 is 5.97 Å². The molecule has 1 aromatic rings. The highest BCUT2D eigenvalue weighted by Gasteiger charge is 2.14. The first kappa shape index (κ1) is 14.7. The Labute approximate surface area is 107 Å². The van der Waals surface area contributed by atoms with Crippen LogP contribution in [0.5, 0.6) is 0 Å². The average Bonchev–Trinajstić information content (AvgIpc) is 2.65. The van der Waals surface area contributed by atoms with Crippen LogP contribution >= 0.6 is 0 Å². The van der Waals surface area contributed by atoms with E-state index in [1.165, 1.54) is 10.9 Å². The van der Waals surface area contributed by atoms with Crippen molar-refractivity contribution < 1.29 is 19.4 Å². The number of hydrogen-bond acceptors (Lipinski definition) is 4. The number of rotatable bonds is 8. The molecule has 18 heavy (non-hydrogen) atoms. The van der Waals surface area contributed by atoms with Crippen LogP contribution in [0, 0.1) is 5.92 Å². The van der Waals surface area contributed by atoms with Gasteiger partial charge in [0.15, 0.2) is 0 Å². The van der Waals surface area contributed by atoms with Crippen molar-refractivity contribution in [3.63, 3.8) is 0 Å². The highest BCUT2D eigenvalue weighted by Crippen LogP contribution is 2.08. The van der Waals surface area contributed by atoms with Crippen molar-refractivity contribution in [2.24, 2.45) is 13.0 Å². The van der Waals surface area contributed by atoms with Gasteiger partial charge in [0.05, 0.1) is 31.7 Å². The molecule has 1 heterocycles. The Morgan fingerprint density at radius 1 is 1.44 bits per heavy atom. The lowest BCUT2D eigenvalue weighted by molar-refractivity contribution is 0.0291. The second-order valence-corrected chi connectivity index (χ2v) is 4.46. The molecule has 6 heteroatoms. The summed E-state index contributed by atoms with van der Waals surface area (Å²) in [6.07, 6.45) is 1.33. The molecule has 0 unspecified atom stereocenters. The Morgan fingerprint density at radius 2 is 2.11 bits per heavy atom. The summed E-state index contributed by atoms with van der Waals surface area (Å²) < 4.78 is 12.3. The molecule has 102 valence electrons. The zero-order chi connectivity index (χ0) is 13.5. The Balaban J connectivity index is 2.31. The van der Waals surface area contributed by atoms with Gasteiger partial charge in [-0.05, 0) is 5.92 Å². The van der Waals surface area contributed by atoms with Gasteiger partial charge in [-0.15, -0.1) is 0 Å². The van der Waals surface area contributed by atoms with Gasteiger partial charge in [0.25, 0.3) is 0 Å². The highest BCUT2D eigenvalue weighted by atomic mass is 16.5. The van der Waals surface area contributed by atoms with E-state index in [9.17, 15) is 4.79 Å². The lowest BCUT2D eigenvalue weighted by Crippen LogP contribution is -2.11. The topological polar surface area (TPSA) is 73.6 Å². The number of aromatic nitrogens is 2. The number of ether oxygens (including phenoxy) is 2. The summed E-state index contributed by atoms with van der Waals surface area (Å²) in [6, 6.07) is 0. The van der Waals surface area contributed by atoms with E-state index in [0.29, 0.717) is 31.4 Å². The van der Waals surface area contributed by atoms with Crippen molar-refractivity contribution in [1.29, 1.82) is 0 Å². The number of nitrogens with zero attached hydrogens (tertiary/aromatic N) is 2. The first-order chi connectivity index (χ1) is 8.52. The first-order valence-electron chi connectivity index (χ1n) is 5.92. The third kappa shape index (κ3) is 4.46. The Kier molecular flexibility index (Phi) is 5.80. The normalized spacial score (nSPS) is 11.1. The Bertz CT molecular complexity index is 387. The number of carbonyl (C=O) groups is 1. The number of aryl methyl sites for hydroxylation is 1. The van der Waals surface area contributed by atoms with Gasteiger partial charge in [0.2, 0.25) is 0 Å². The fourth-order valence-corrected chi connectivity index (χ4v) is 1.42. The van der Waals surface area contributed by atoms with E-state index in [0.717, 1.165) is 0 Å². The summed E-state index contributed by atoms with van der Waals surface area (Å²) in [5.74, 6) is -0.488. The average molecular weight is 256 g/mol. The molecule has 1 rings (SSSR count). The third-order valence-corrected chi connectivity index (χ3v) is 2.35. The van der Waals surface area contributed by atoms with E-state index in [1.807, 2.05) is 0 Å². The number of aromatic carboxylic acids is 1. The van der Waals surface area contributed by atoms with Crippen molar-refractivity contribution in [3.05, 3.63) is 17.5 Å². The van der Waals surface area contributed by atoms with Crippen molar-refractivity contribution in [2.75, 3.05) is 19.8 Å². The van der Waals surface area contributed by atoms with Gasteiger partial charge in [-0.25, -0.2) is 4.79 Å². The summed E-state index contributed by atoms with van der Waals surface area (Å²) >= 11 is 0. The molecule has 0 saturated heterocycles. The predicted octanol–water partition coefficient (Wildman–Crippen LogP) is 1.31. The monoisotopic (exact) mass is 256 g/mol. The molecule has 0 spiro atoms. The smallest absolute Gasteiger partial charge is 0.339 e. The molecule has 0 saturated carbocycles. The van der Waals surface area contributed by atoms with Gasteiger partial charge < -0.3 is 14.6 Å². The van der Waals surface area contributed by atoms with Crippen LogP contribution in [-0.2, 0) is 23.1 Å². The summed E-state index contributed by atoms with van der Waals surface area (Å²) in [7, 11) is 1.69. The van der Waals surface area contributed by atoms with Crippen LogP contribution in [0.15, 0.2) is 6.20 Å². The van der Waals surface area contributed by atoms with E-state index < -0.39 is 5.97 Å². The molecule has 0 aliphatic rings. The number of carboxylic acids is 1. The quantitative estimate of drug-likeness (QED) is 0.710. The third-order valence-electron chi connectivity index (χ3n) is 2.35. The van der Waals surface area contributed by atoms with Crippen LogP contribution in [0.4, 0.5) is 0 Å². The van der Waals surface area contributed by atoms with E-state index in [2.05, 4.69) is 18.9 Å². The van der Waals surface area contributed by atoms with Gasteiger partial charge in [0.1, 0.15) is 5.56 Å². The fourth-order valence-electron chi connectivity index (χ4n) is 1.42. The predicted molar refractivity (Wildman–Crippen MR) is 65.5 cm³/mol. The van der Waals surface area contributed by atoms with Crippen LogP contribution in [0.3, 0.4) is 0 Å². The molecule has 0 aliphatic heterocycles. The maximum atomic E-state index is 10.9. The first-order valence-corrected chi connectivity index (χ1v) is 5.92. The molecule has 0 aliphatic carbocycles. The van der Waals surface area contributed by atoms with Gasteiger partial charge in [-0.1, -0.05) is 13.8 Å². The maximum absolute atomic E-state index is 10.9. The second-order valence-electron chi connectivity index (χ2n) is 4.46. The second kappa shape index (κ2) is 7.13. The van der Waals surface area contributed by atoms with E-state index in [-0.39, 0.29) is 12.2 Å². The molecular weight excluding hydrogens is 236 g/mol. The van der Waals surface area contributed by atoms with E-state index in [1.54, 1.807) is 7.05 Å². The summed E-state index contributed by atoms with van der Waals surface area (Å²) in [5.41, 5.74) is 0.743. The van der Waals surface area contributed by atoms with Crippen LogP contribution in [0.25, 0.3) is 0 Å². The summed E-state index contributed by atoms with van der Waals surface area (Å²) in [5, 5.41) is 12.8. The maximum Gasteiger partial charge on any atom is 0.339 e.